The van der Waals surface area contributed by atoms with Crippen molar-refractivity contribution in [1.82, 2.24) is 4.90 Å². The first-order chi connectivity index (χ1) is 17.6. The number of alkyl halides is 2. The molecule has 0 unspecified atom stereocenters. The quantitative estimate of drug-likeness (QED) is 0.217. The molecule has 3 aromatic carbocycles. The lowest BCUT2D eigenvalue weighted by molar-refractivity contribution is -0.159. The minimum Gasteiger partial charge on any atom is -0.459 e. The van der Waals surface area contributed by atoms with Crippen molar-refractivity contribution >= 4 is 64.2 Å². The molecule has 188 valence electrons. The van der Waals surface area contributed by atoms with Crippen LogP contribution in [-0.4, -0.2) is 28.7 Å². The molecule has 0 N–H and O–H groups in total. The van der Waals surface area contributed by atoms with Gasteiger partial charge >= 0.3 is 5.97 Å². The molecule has 0 radical (unpaired) electrons. The zero-order valence-corrected chi connectivity index (χ0v) is 22.4. The lowest BCUT2D eigenvalue weighted by Crippen LogP contribution is -2.57. The molecule has 37 heavy (non-hydrogen) atoms. The maximum Gasteiger partial charge on any atom is 0.329 e. The Bertz CT molecular complexity index is 1380. The third kappa shape index (κ3) is 3.21. The van der Waals surface area contributed by atoms with Crippen LogP contribution >= 0.6 is 46.4 Å². The molecule has 3 aliphatic carbocycles. The normalized spacial score (nSPS) is 28.0. The molecule has 2 amide bonds. The summed E-state index contributed by atoms with van der Waals surface area (Å²) in [7, 11) is 0. The highest BCUT2D eigenvalue weighted by molar-refractivity contribution is 6.42. The molecule has 9 heteroatoms. The second-order valence-electron chi connectivity index (χ2n) is 9.55. The maximum atomic E-state index is 13.9. The molecule has 0 spiro atoms. The number of hydrogen-bond acceptors (Lipinski definition) is 4. The van der Waals surface area contributed by atoms with E-state index in [1.807, 2.05) is 48.5 Å². The molecule has 0 aromatic heterocycles. The average Bonchev–Trinajstić information content (AvgIpc) is 3.18. The molecule has 4 aliphatic rings. The van der Waals surface area contributed by atoms with Gasteiger partial charge in [0.1, 0.15) is 22.4 Å². The molecular formula is C28H19Cl4NO4. The Balaban J connectivity index is 1.37. The van der Waals surface area contributed by atoms with E-state index in [4.69, 9.17) is 51.1 Å². The smallest absolute Gasteiger partial charge is 0.329 e. The highest BCUT2D eigenvalue weighted by Gasteiger charge is 2.73. The summed E-state index contributed by atoms with van der Waals surface area (Å²) in [4.78, 5) is 39.3. The fraction of sp³-hybridized carbons (Fsp3) is 0.250. The Morgan fingerprint density at radius 1 is 0.838 bits per heavy atom. The Kier molecular flexibility index (Phi) is 5.67. The van der Waals surface area contributed by atoms with Gasteiger partial charge in [0.2, 0.25) is 11.8 Å². The van der Waals surface area contributed by atoms with Crippen LogP contribution in [0.1, 0.15) is 34.7 Å². The number of rotatable bonds is 4. The van der Waals surface area contributed by atoms with E-state index in [1.165, 1.54) is 6.92 Å². The third-order valence-corrected chi connectivity index (χ3v) is 9.74. The molecule has 1 heterocycles. The predicted octanol–water partition coefficient (Wildman–Crippen LogP) is 6.02. The minimum absolute atomic E-state index is 0.0983. The van der Waals surface area contributed by atoms with Crippen molar-refractivity contribution in [2.24, 2.45) is 11.8 Å². The van der Waals surface area contributed by atoms with E-state index in [9.17, 15) is 14.4 Å². The molecule has 5 nitrogen and oxygen atoms in total. The lowest BCUT2D eigenvalue weighted by Gasteiger charge is -2.54. The van der Waals surface area contributed by atoms with Gasteiger partial charge in [-0.2, -0.15) is 0 Å². The third-order valence-electron chi connectivity index (χ3n) is 7.71. The summed E-state index contributed by atoms with van der Waals surface area (Å²) >= 11 is 26.8. The Morgan fingerprint density at radius 2 is 1.30 bits per heavy atom. The van der Waals surface area contributed by atoms with Gasteiger partial charge in [0, 0.05) is 0 Å². The first-order valence-corrected chi connectivity index (χ1v) is 13.2. The summed E-state index contributed by atoms with van der Waals surface area (Å²) < 4.78 is 5.44. The van der Waals surface area contributed by atoms with E-state index in [2.05, 4.69) is 0 Å². The van der Waals surface area contributed by atoms with Crippen molar-refractivity contribution in [2.45, 2.75) is 29.3 Å². The van der Waals surface area contributed by atoms with E-state index < -0.39 is 45.4 Å². The minimum atomic E-state index is -1.31. The van der Waals surface area contributed by atoms with E-state index >= 15 is 0 Å². The SMILES string of the molecule is C[C@@H](C(=O)OCc1ccc(Cl)c(Cl)c1)N1C(=O)[C@@H]2[C@H](C1=O)C1(Cl)c3ccccc3C2(Cl)c2ccccc21. The van der Waals surface area contributed by atoms with Gasteiger partial charge in [-0.1, -0.05) is 77.8 Å². The van der Waals surface area contributed by atoms with Gasteiger partial charge in [-0.05, 0) is 46.9 Å². The van der Waals surface area contributed by atoms with Crippen molar-refractivity contribution in [3.8, 4) is 0 Å². The van der Waals surface area contributed by atoms with E-state index in [0.717, 1.165) is 4.90 Å². The molecule has 1 saturated heterocycles. The molecule has 3 aromatic rings. The first kappa shape index (κ1) is 24.7. The summed E-state index contributed by atoms with van der Waals surface area (Å²) in [6.07, 6.45) is 0. The monoisotopic (exact) mass is 573 g/mol. The molecule has 0 saturated carbocycles. The van der Waals surface area contributed by atoms with Crippen molar-refractivity contribution in [1.29, 1.82) is 0 Å². The largest absolute Gasteiger partial charge is 0.459 e. The zero-order chi connectivity index (χ0) is 26.3. The van der Waals surface area contributed by atoms with E-state index in [1.54, 1.807) is 18.2 Å². The van der Waals surface area contributed by atoms with Crippen LogP contribution in [0.5, 0.6) is 0 Å². The van der Waals surface area contributed by atoms with Gasteiger partial charge in [-0.3, -0.25) is 14.5 Å². The summed E-state index contributed by atoms with van der Waals surface area (Å²) in [6, 6.07) is 18.4. The molecule has 1 fully saturated rings. The summed E-state index contributed by atoms with van der Waals surface area (Å²) in [5, 5.41) is 0.703. The van der Waals surface area contributed by atoms with Gasteiger partial charge in [0.15, 0.2) is 0 Å². The maximum absolute atomic E-state index is 13.9. The first-order valence-electron chi connectivity index (χ1n) is 11.7. The van der Waals surface area contributed by atoms with E-state index in [-0.39, 0.29) is 6.61 Å². The number of likely N-dealkylation sites (tertiary alicyclic amines) is 1. The average molecular weight is 575 g/mol. The van der Waals surface area contributed by atoms with Gasteiger partial charge in [0.05, 0.1) is 21.9 Å². The Morgan fingerprint density at radius 3 is 1.73 bits per heavy atom. The highest BCUT2D eigenvalue weighted by atomic mass is 35.5. The van der Waals surface area contributed by atoms with Crippen LogP contribution in [0.3, 0.4) is 0 Å². The topological polar surface area (TPSA) is 63.7 Å². The van der Waals surface area contributed by atoms with Gasteiger partial charge in [0.25, 0.3) is 0 Å². The number of nitrogens with zero attached hydrogens (tertiary/aromatic N) is 1. The summed E-state index contributed by atoms with van der Waals surface area (Å²) in [5.41, 5.74) is 3.41. The van der Waals surface area contributed by atoms with Crippen LogP contribution in [0.4, 0.5) is 0 Å². The Labute approximate surface area is 233 Å². The second kappa shape index (κ2) is 8.47. The van der Waals surface area contributed by atoms with Crippen LogP contribution < -0.4 is 0 Å². The standard InChI is InChI=1S/C28H19Cl4NO4/c1-14(26(36)37-13-15-10-11-20(29)21(30)12-15)33-24(34)22-23(25(33)35)28(32)17-7-3-2-6-16(17)27(22,31)18-8-4-5-9-19(18)28/h2-12,14,22-23H,13H2,1H3/t14-,22-,23+,27?,28?/m0/s1. The van der Waals surface area contributed by atoms with Crippen LogP contribution in [0.2, 0.25) is 10.0 Å². The Hall–Kier alpha value is -2.57. The van der Waals surface area contributed by atoms with Gasteiger partial charge in [-0.15, -0.1) is 23.2 Å². The number of ether oxygens (including phenoxy) is 1. The van der Waals surface area contributed by atoms with Gasteiger partial charge < -0.3 is 4.74 Å². The summed E-state index contributed by atoms with van der Waals surface area (Å²) in [5.74, 6) is -3.78. The fourth-order valence-corrected chi connectivity index (χ4v) is 7.50. The number of amides is 2. The van der Waals surface area contributed by atoms with Crippen molar-refractivity contribution < 1.29 is 19.1 Å². The molecular weight excluding hydrogens is 556 g/mol. The highest BCUT2D eigenvalue weighted by Crippen LogP contribution is 2.69. The number of hydrogen-bond donors (Lipinski definition) is 0. The number of carbonyl (C=O) groups excluding carboxylic acids is 3. The number of halogens is 4. The van der Waals surface area contributed by atoms with Crippen molar-refractivity contribution in [3.63, 3.8) is 0 Å². The predicted molar refractivity (Wildman–Crippen MR) is 141 cm³/mol. The number of esters is 1. The molecule has 7 rings (SSSR count). The van der Waals surface area contributed by atoms with Crippen LogP contribution in [-0.2, 0) is 35.5 Å². The second-order valence-corrected chi connectivity index (χ2v) is 11.6. The van der Waals surface area contributed by atoms with Crippen LogP contribution in [0.15, 0.2) is 66.7 Å². The fourth-order valence-electron chi connectivity index (χ4n) is 6.08. The zero-order valence-electron chi connectivity index (χ0n) is 19.4. The number of benzene rings is 3. The number of carbonyl (C=O) groups is 3. The number of imide groups is 1. The van der Waals surface area contributed by atoms with Crippen LogP contribution in [0.25, 0.3) is 0 Å². The van der Waals surface area contributed by atoms with Gasteiger partial charge in [-0.25, -0.2) is 4.79 Å². The van der Waals surface area contributed by atoms with E-state index in [0.29, 0.717) is 37.9 Å². The van der Waals surface area contributed by atoms with Crippen molar-refractivity contribution in [3.05, 3.63) is 105 Å². The lowest BCUT2D eigenvalue weighted by atomic mass is 9.54. The van der Waals surface area contributed by atoms with Crippen molar-refractivity contribution in [2.75, 3.05) is 0 Å². The summed E-state index contributed by atoms with van der Waals surface area (Å²) in [6.45, 7) is 1.37. The van der Waals surface area contributed by atoms with Crippen LogP contribution in [0, 0.1) is 11.8 Å². The molecule has 2 bridgehead atoms. The molecule has 1 aliphatic heterocycles. The molecule has 3 atom stereocenters.